The van der Waals surface area contributed by atoms with Crippen molar-refractivity contribution in [1.82, 2.24) is 44.1 Å². The number of hydrogen-bond donors (Lipinski definition) is 3. The van der Waals surface area contributed by atoms with E-state index in [-0.39, 0.29) is 89.5 Å². The molecule has 18 nitrogen and oxygen atoms in total. The molecule has 7 fully saturated rings. The van der Waals surface area contributed by atoms with E-state index in [0.29, 0.717) is 90.2 Å². The standard InChI is InChI=1S/C61H72F2N10O8/c1-4-42-45(62)9-7-38-29-41(74)31-43(50(38)42)52-51(63)53-44(32-64-52)54(70-23-5-18-59(2,79)34-70)67-56(66-53)81-35-60-19-6-24-72(60)40(13-20-60)33-80-58(78)69-25-16-39(17-26-69)61(21-22-61)71-27-14-36(15-28-71)37-8-10-46-48(30-37)68(3)57(77)73(46)47-11-12-49(75)65-55(47)76/h7-10,29-32,36,39-40,47,74,79H,4-6,11-28,33-35H2,1-3H3,(H,65,75,76)/t40-,47?,59+,60-/m0/s1. The lowest BCUT2D eigenvalue weighted by Gasteiger charge is -2.44. The number of amides is 3. The number of imidazole rings is 1. The van der Waals surface area contributed by atoms with Crippen LogP contribution in [0, 0.1) is 17.6 Å². The van der Waals surface area contributed by atoms with Crippen molar-refractivity contribution in [2.75, 3.05) is 63.9 Å². The van der Waals surface area contributed by atoms with Crippen LogP contribution < -0.4 is 20.6 Å². The number of aromatic nitrogens is 5. The lowest BCUT2D eigenvalue weighted by Crippen LogP contribution is -2.51. The summed E-state index contributed by atoms with van der Waals surface area (Å²) < 4.78 is 48.4. The van der Waals surface area contributed by atoms with Gasteiger partial charge in [-0.3, -0.25) is 38.8 Å². The zero-order valence-corrected chi connectivity index (χ0v) is 46.5. The number of likely N-dealkylation sites (tertiary alicyclic amines) is 2. The van der Waals surface area contributed by atoms with Crippen LogP contribution in [0.4, 0.5) is 19.4 Å². The van der Waals surface area contributed by atoms with Crippen LogP contribution in [0.25, 0.3) is 44.0 Å². The smallest absolute Gasteiger partial charge is 0.409 e. The number of β-amino-alcohol motifs (C(OH)–C–C–N with tert-alkyl or cyclic N) is 1. The number of pyridine rings is 1. The van der Waals surface area contributed by atoms with E-state index >= 15 is 8.78 Å². The molecule has 3 amide bonds. The summed E-state index contributed by atoms with van der Waals surface area (Å²) in [6.07, 6.45) is 13.1. The zero-order chi connectivity index (χ0) is 56.1. The summed E-state index contributed by atoms with van der Waals surface area (Å²) in [5.41, 5.74) is 1.76. The van der Waals surface area contributed by atoms with Crippen molar-refractivity contribution in [2.45, 2.75) is 145 Å². The topological polar surface area (TPSA) is 201 Å². The second-order valence-corrected chi connectivity index (χ2v) is 24.6. The Morgan fingerprint density at radius 1 is 0.877 bits per heavy atom. The monoisotopic (exact) mass is 1110 g/mol. The van der Waals surface area contributed by atoms with E-state index in [1.807, 2.05) is 22.8 Å². The van der Waals surface area contributed by atoms with Crippen LogP contribution in [0.3, 0.4) is 0 Å². The van der Waals surface area contributed by atoms with Crippen molar-refractivity contribution >= 4 is 56.4 Å². The van der Waals surface area contributed by atoms with Crippen molar-refractivity contribution in [3.8, 4) is 23.0 Å². The number of fused-ring (bicyclic) bond motifs is 4. The number of piperidine rings is 4. The quantitative estimate of drug-likeness (QED) is 0.0996. The Bertz CT molecular complexity index is 3570. The third kappa shape index (κ3) is 9.46. The first-order valence-electron chi connectivity index (χ1n) is 29.4. The minimum absolute atomic E-state index is 0.00711. The molecule has 1 saturated carbocycles. The highest BCUT2D eigenvalue weighted by atomic mass is 19.1. The molecular formula is C61H72F2N10O8. The number of halogens is 2. The lowest BCUT2D eigenvalue weighted by atomic mass is 9.83. The van der Waals surface area contributed by atoms with Gasteiger partial charge < -0.3 is 29.5 Å². The number of ether oxygens (including phenoxy) is 2. The van der Waals surface area contributed by atoms with E-state index in [0.717, 1.165) is 76.5 Å². The van der Waals surface area contributed by atoms with Gasteiger partial charge in [0.05, 0.1) is 27.6 Å². The Morgan fingerprint density at radius 2 is 1.67 bits per heavy atom. The number of aromatic hydroxyl groups is 1. The Morgan fingerprint density at radius 3 is 2.42 bits per heavy atom. The molecule has 0 radical (unpaired) electrons. The second kappa shape index (κ2) is 20.6. The molecule has 6 aromatic rings. The highest BCUT2D eigenvalue weighted by Crippen LogP contribution is 2.53. The van der Waals surface area contributed by atoms with Crippen molar-refractivity contribution < 1.29 is 42.9 Å². The Balaban J connectivity index is 0.643. The molecule has 6 aliphatic heterocycles. The van der Waals surface area contributed by atoms with Crippen molar-refractivity contribution in [3.05, 3.63) is 81.9 Å². The maximum atomic E-state index is 17.3. The van der Waals surface area contributed by atoms with Crippen LogP contribution in [0.15, 0.2) is 53.5 Å². The number of phenols is 1. The number of phenolic OH excluding ortho intramolecular Hbond substituents is 1. The van der Waals surface area contributed by atoms with Gasteiger partial charge in [-0.2, -0.15) is 9.97 Å². The van der Waals surface area contributed by atoms with Crippen LogP contribution in [-0.4, -0.2) is 149 Å². The van der Waals surface area contributed by atoms with E-state index in [9.17, 15) is 29.4 Å². The molecule has 20 heteroatoms. The minimum Gasteiger partial charge on any atom is -0.508 e. The van der Waals surface area contributed by atoms with Crippen LogP contribution >= 0.6 is 0 Å². The van der Waals surface area contributed by atoms with Crippen LogP contribution in [0.2, 0.25) is 0 Å². The molecule has 1 unspecified atom stereocenters. The van der Waals surface area contributed by atoms with Gasteiger partial charge in [-0.05, 0) is 181 Å². The first kappa shape index (κ1) is 53.5. The maximum absolute atomic E-state index is 17.3. The highest BCUT2D eigenvalue weighted by Gasteiger charge is 2.55. The minimum atomic E-state index is -1.00. The lowest BCUT2D eigenvalue weighted by molar-refractivity contribution is -0.135. The van der Waals surface area contributed by atoms with E-state index in [2.05, 4.69) is 32.2 Å². The summed E-state index contributed by atoms with van der Waals surface area (Å²) >= 11 is 0. The number of aliphatic hydroxyl groups is 1. The van der Waals surface area contributed by atoms with E-state index in [1.54, 1.807) is 24.6 Å². The van der Waals surface area contributed by atoms with Gasteiger partial charge in [0.25, 0.3) is 0 Å². The van der Waals surface area contributed by atoms with Gasteiger partial charge in [0.1, 0.15) is 47.9 Å². The molecule has 9 heterocycles. The Hall–Kier alpha value is -6.77. The first-order valence-corrected chi connectivity index (χ1v) is 29.4. The molecule has 0 bridgehead atoms. The zero-order valence-electron chi connectivity index (χ0n) is 46.5. The van der Waals surface area contributed by atoms with Gasteiger partial charge in [-0.25, -0.2) is 18.4 Å². The van der Waals surface area contributed by atoms with Gasteiger partial charge >= 0.3 is 17.8 Å². The molecule has 428 valence electrons. The molecule has 7 aliphatic rings. The molecule has 0 spiro atoms. The Labute approximate surface area is 468 Å². The number of anilines is 1. The number of nitrogens with one attached hydrogen (secondary N) is 1. The molecule has 3 aromatic heterocycles. The molecule has 3 aromatic carbocycles. The highest BCUT2D eigenvalue weighted by molar-refractivity contribution is 6.02. The maximum Gasteiger partial charge on any atom is 0.409 e. The summed E-state index contributed by atoms with van der Waals surface area (Å²) in [6, 6.07) is 11.3. The number of imide groups is 1. The van der Waals surface area contributed by atoms with Gasteiger partial charge in [0, 0.05) is 63.0 Å². The fourth-order valence-corrected chi connectivity index (χ4v) is 15.4. The summed E-state index contributed by atoms with van der Waals surface area (Å²) in [6.45, 7) is 9.07. The number of nitrogens with zero attached hydrogens (tertiary/aromatic N) is 9. The van der Waals surface area contributed by atoms with E-state index in [1.165, 1.54) is 47.4 Å². The number of carbonyl (C=O) groups excluding carboxylic acids is 3. The molecule has 1 aliphatic carbocycles. The van der Waals surface area contributed by atoms with Gasteiger partial charge in [0.2, 0.25) is 11.8 Å². The van der Waals surface area contributed by atoms with E-state index in [4.69, 9.17) is 19.4 Å². The summed E-state index contributed by atoms with van der Waals surface area (Å²) in [5, 5.41) is 25.7. The third-order valence-electron chi connectivity index (χ3n) is 19.8. The molecular weight excluding hydrogens is 1040 g/mol. The molecule has 13 rings (SSSR count). The first-order chi connectivity index (χ1) is 39.0. The van der Waals surface area contributed by atoms with Crippen molar-refractivity contribution in [3.63, 3.8) is 0 Å². The normalized spacial score (nSPS) is 25.8. The van der Waals surface area contributed by atoms with Gasteiger partial charge in [0.15, 0.2) is 5.82 Å². The number of carbonyl (C=O) groups is 3. The molecule has 81 heavy (non-hydrogen) atoms. The van der Waals surface area contributed by atoms with Crippen molar-refractivity contribution in [2.24, 2.45) is 13.0 Å². The number of aryl methyl sites for hydroxylation is 2. The third-order valence-corrected chi connectivity index (χ3v) is 19.8. The summed E-state index contributed by atoms with van der Waals surface area (Å²) in [5.74, 6) is -0.789. The van der Waals surface area contributed by atoms with E-state index < -0.39 is 29.2 Å². The predicted octanol–water partition coefficient (Wildman–Crippen LogP) is 8.01. The van der Waals surface area contributed by atoms with Crippen LogP contribution in [-0.2, 0) is 27.8 Å². The summed E-state index contributed by atoms with van der Waals surface area (Å²) in [4.78, 5) is 74.9. The second-order valence-electron chi connectivity index (χ2n) is 24.6. The fourth-order valence-electron chi connectivity index (χ4n) is 15.4. The average Bonchev–Trinajstić information content (AvgIpc) is 4.13. The molecule has 4 atom stereocenters. The number of benzene rings is 3. The van der Waals surface area contributed by atoms with Crippen LogP contribution in [0.5, 0.6) is 11.8 Å². The van der Waals surface area contributed by atoms with Gasteiger partial charge in [-0.1, -0.05) is 19.1 Å². The molecule has 3 N–H and O–H groups in total. The predicted molar refractivity (Wildman–Crippen MR) is 300 cm³/mol. The number of hydrogen-bond acceptors (Lipinski definition) is 14. The number of rotatable bonds is 12. The van der Waals surface area contributed by atoms with Crippen molar-refractivity contribution in [1.29, 1.82) is 0 Å². The summed E-state index contributed by atoms with van der Waals surface area (Å²) in [7, 11) is 1.74. The van der Waals surface area contributed by atoms with Gasteiger partial charge in [-0.15, -0.1) is 0 Å². The largest absolute Gasteiger partial charge is 0.508 e. The fraction of sp³-hybridized carbons (Fsp3) is 0.557. The average molecular weight is 1110 g/mol. The molecule has 6 saturated heterocycles. The van der Waals surface area contributed by atoms with Crippen LogP contribution in [0.1, 0.15) is 127 Å². The SMILES string of the molecule is CCc1c(F)ccc2cc(O)cc(-c3ncc4c(N5CCC[C@@](C)(O)C5)nc(OC[C@@]56CCCN5[C@H](COC(=O)N5CCC(C7(N8CCC(c9ccc%10c(c9)n(C)c(=O)n%10C9CCC(=O)NC9=O)CC8)CC7)CC5)CC6)nc4c3F)c12. The Kier molecular flexibility index (Phi) is 13.6.